The third-order valence-electron chi connectivity index (χ3n) is 5.93. The lowest BCUT2D eigenvalue weighted by molar-refractivity contribution is 0.119. The standard InChI is InChI=1S/C22H27FN4O2/c1-14-15(2)25-19(16(3)24-14)11-26-12-20-21(13-26)29-22(28)27(20)10-4-5-17-6-8-18(23)9-7-17/h6-9,20-21H,4-5,10-13H2,1-3H3/t20-,21+/m1/s1. The average molecular weight is 398 g/mol. The minimum absolute atomic E-state index is 0.0792. The molecule has 4 rings (SSSR count). The first-order valence-corrected chi connectivity index (χ1v) is 10.2. The number of ether oxygens (including phenoxy) is 1. The van der Waals surface area contributed by atoms with Crippen LogP contribution in [0.4, 0.5) is 9.18 Å². The first-order valence-electron chi connectivity index (χ1n) is 10.2. The molecule has 1 aromatic heterocycles. The number of aromatic nitrogens is 2. The number of fused-ring (bicyclic) bond motifs is 1. The molecule has 0 saturated carbocycles. The summed E-state index contributed by atoms with van der Waals surface area (Å²) in [5.41, 5.74) is 4.94. The van der Waals surface area contributed by atoms with Crippen LogP contribution in [0.5, 0.6) is 0 Å². The number of amides is 1. The fraction of sp³-hybridized carbons (Fsp3) is 0.500. The van der Waals surface area contributed by atoms with Gasteiger partial charge in [-0.15, -0.1) is 0 Å². The lowest BCUT2D eigenvalue weighted by Gasteiger charge is -2.22. The first-order chi connectivity index (χ1) is 13.9. The molecule has 6 nitrogen and oxygen atoms in total. The Labute approximate surface area is 170 Å². The van der Waals surface area contributed by atoms with Crippen molar-refractivity contribution in [3.63, 3.8) is 0 Å². The number of rotatable bonds is 6. The van der Waals surface area contributed by atoms with Crippen LogP contribution in [0.2, 0.25) is 0 Å². The smallest absolute Gasteiger partial charge is 0.410 e. The van der Waals surface area contributed by atoms with Crippen LogP contribution in [0.1, 0.15) is 34.8 Å². The van der Waals surface area contributed by atoms with Gasteiger partial charge >= 0.3 is 6.09 Å². The van der Waals surface area contributed by atoms with Crippen LogP contribution < -0.4 is 0 Å². The molecule has 0 unspecified atom stereocenters. The molecule has 2 saturated heterocycles. The van der Waals surface area contributed by atoms with Gasteiger partial charge in [0.1, 0.15) is 11.9 Å². The highest BCUT2D eigenvalue weighted by atomic mass is 19.1. The van der Waals surface area contributed by atoms with E-state index in [9.17, 15) is 9.18 Å². The molecule has 0 N–H and O–H groups in total. The number of aryl methyl sites for hydroxylation is 4. The zero-order chi connectivity index (χ0) is 20.5. The normalized spacial score (nSPS) is 21.5. The Morgan fingerprint density at radius 3 is 2.55 bits per heavy atom. The number of hydrogen-bond donors (Lipinski definition) is 0. The van der Waals surface area contributed by atoms with Crippen LogP contribution in [0, 0.1) is 26.6 Å². The predicted molar refractivity (Wildman–Crippen MR) is 107 cm³/mol. The second-order valence-electron chi connectivity index (χ2n) is 8.03. The summed E-state index contributed by atoms with van der Waals surface area (Å²) in [6.45, 7) is 8.81. The zero-order valence-electron chi connectivity index (χ0n) is 17.2. The van der Waals surface area contributed by atoms with Crippen molar-refractivity contribution in [3.8, 4) is 0 Å². The number of nitrogens with zero attached hydrogens (tertiary/aromatic N) is 4. The van der Waals surface area contributed by atoms with Crippen LogP contribution in [0.25, 0.3) is 0 Å². The molecule has 0 bridgehead atoms. The molecule has 2 aliphatic rings. The van der Waals surface area contributed by atoms with Crippen molar-refractivity contribution in [2.24, 2.45) is 0 Å². The Balaban J connectivity index is 1.34. The van der Waals surface area contributed by atoms with E-state index in [2.05, 4.69) is 9.88 Å². The fourth-order valence-corrected chi connectivity index (χ4v) is 4.19. The lowest BCUT2D eigenvalue weighted by atomic mass is 10.1. The molecule has 2 atom stereocenters. The maximum atomic E-state index is 13.0. The minimum atomic E-state index is -0.227. The zero-order valence-corrected chi connectivity index (χ0v) is 17.2. The highest BCUT2D eigenvalue weighted by Gasteiger charge is 2.47. The summed E-state index contributed by atoms with van der Waals surface area (Å²) in [5, 5.41) is 0. The van der Waals surface area contributed by atoms with Crippen molar-refractivity contribution in [2.45, 2.75) is 52.3 Å². The van der Waals surface area contributed by atoms with E-state index in [1.807, 2.05) is 25.7 Å². The van der Waals surface area contributed by atoms with E-state index in [0.29, 0.717) is 13.1 Å². The van der Waals surface area contributed by atoms with Crippen molar-refractivity contribution in [2.75, 3.05) is 19.6 Å². The van der Waals surface area contributed by atoms with Gasteiger partial charge in [0.05, 0.1) is 28.8 Å². The van der Waals surface area contributed by atoms with E-state index in [4.69, 9.17) is 9.72 Å². The molecule has 1 aromatic carbocycles. The van der Waals surface area contributed by atoms with E-state index < -0.39 is 0 Å². The minimum Gasteiger partial charge on any atom is -0.442 e. The SMILES string of the molecule is Cc1nc(C)c(CN2C[C@@H]3OC(=O)N(CCCc4ccc(F)cc4)[C@@H]3C2)nc1C. The maximum Gasteiger partial charge on any atom is 0.410 e. The van der Waals surface area contributed by atoms with Gasteiger partial charge in [0.15, 0.2) is 0 Å². The van der Waals surface area contributed by atoms with Crippen LogP contribution >= 0.6 is 0 Å². The molecule has 1 amide bonds. The Hall–Kier alpha value is -2.54. The number of carbonyl (C=O) groups excluding carboxylic acids is 1. The van der Waals surface area contributed by atoms with Gasteiger partial charge in [-0.3, -0.25) is 14.9 Å². The third kappa shape index (κ3) is 4.24. The number of benzene rings is 1. The Kier molecular flexibility index (Phi) is 5.50. The van der Waals surface area contributed by atoms with Gasteiger partial charge in [-0.2, -0.15) is 0 Å². The van der Waals surface area contributed by atoms with Gasteiger partial charge in [0.2, 0.25) is 0 Å². The molecule has 0 radical (unpaired) electrons. The van der Waals surface area contributed by atoms with Gasteiger partial charge in [0.25, 0.3) is 0 Å². The molecule has 2 aliphatic heterocycles. The molecule has 154 valence electrons. The van der Waals surface area contributed by atoms with Crippen molar-refractivity contribution in [1.82, 2.24) is 19.8 Å². The van der Waals surface area contributed by atoms with E-state index in [0.717, 1.165) is 54.3 Å². The largest absolute Gasteiger partial charge is 0.442 e. The van der Waals surface area contributed by atoms with Crippen LogP contribution in [-0.2, 0) is 17.7 Å². The van der Waals surface area contributed by atoms with E-state index in [-0.39, 0.29) is 24.1 Å². The van der Waals surface area contributed by atoms with E-state index >= 15 is 0 Å². The van der Waals surface area contributed by atoms with Gasteiger partial charge in [-0.1, -0.05) is 12.1 Å². The Bertz CT molecular complexity index is 902. The highest BCUT2D eigenvalue weighted by molar-refractivity contribution is 5.71. The van der Waals surface area contributed by atoms with Gasteiger partial charge in [-0.05, 0) is 51.3 Å². The van der Waals surface area contributed by atoms with Crippen molar-refractivity contribution < 1.29 is 13.9 Å². The Morgan fingerprint density at radius 1 is 1.07 bits per heavy atom. The van der Waals surface area contributed by atoms with Crippen molar-refractivity contribution in [3.05, 3.63) is 58.4 Å². The van der Waals surface area contributed by atoms with Gasteiger partial charge < -0.3 is 9.64 Å². The maximum absolute atomic E-state index is 13.0. The molecule has 2 fully saturated rings. The van der Waals surface area contributed by atoms with Crippen molar-refractivity contribution in [1.29, 1.82) is 0 Å². The molecule has 2 aromatic rings. The summed E-state index contributed by atoms with van der Waals surface area (Å²) in [6.07, 6.45) is 1.32. The molecule has 0 spiro atoms. The predicted octanol–water partition coefficient (Wildman–Crippen LogP) is 3.18. The summed E-state index contributed by atoms with van der Waals surface area (Å²) in [7, 11) is 0. The molecule has 3 heterocycles. The van der Waals surface area contributed by atoms with Gasteiger partial charge in [-0.25, -0.2) is 9.18 Å². The summed E-state index contributed by atoms with van der Waals surface area (Å²) < 4.78 is 18.6. The van der Waals surface area contributed by atoms with Crippen LogP contribution in [0.15, 0.2) is 24.3 Å². The first kappa shape index (κ1) is 19.8. The molecule has 29 heavy (non-hydrogen) atoms. The number of likely N-dealkylation sites (tertiary alicyclic amines) is 1. The summed E-state index contributed by atoms with van der Waals surface area (Å²) >= 11 is 0. The molecule has 0 aliphatic carbocycles. The molecule has 7 heteroatoms. The lowest BCUT2D eigenvalue weighted by Crippen LogP contribution is -2.38. The quantitative estimate of drug-likeness (QED) is 0.748. The number of halogens is 1. The third-order valence-corrected chi connectivity index (χ3v) is 5.93. The second-order valence-corrected chi connectivity index (χ2v) is 8.03. The average Bonchev–Trinajstić information content (AvgIpc) is 3.18. The van der Waals surface area contributed by atoms with Crippen LogP contribution in [0.3, 0.4) is 0 Å². The molecular formula is C22H27FN4O2. The van der Waals surface area contributed by atoms with E-state index in [1.165, 1.54) is 12.1 Å². The topological polar surface area (TPSA) is 58.6 Å². The summed E-state index contributed by atoms with van der Waals surface area (Å²) in [4.78, 5) is 25.7. The summed E-state index contributed by atoms with van der Waals surface area (Å²) in [5.74, 6) is -0.227. The summed E-state index contributed by atoms with van der Waals surface area (Å²) in [6, 6.07) is 6.62. The van der Waals surface area contributed by atoms with Crippen LogP contribution in [-0.4, -0.2) is 57.6 Å². The molecular weight excluding hydrogens is 371 g/mol. The fourth-order valence-electron chi connectivity index (χ4n) is 4.19. The number of carbonyl (C=O) groups is 1. The van der Waals surface area contributed by atoms with Crippen molar-refractivity contribution >= 4 is 6.09 Å². The van der Waals surface area contributed by atoms with Gasteiger partial charge in [0, 0.05) is 26.2 Å². The van der Waals surface area contributed by atoms with E-state index in [1.54, 1.807) is 12.1 Å². The highest BCUT2D eigenvalue weighted by Crippen LogP contribution is 2.28. The Morgan fingerprint density at radius 2 is 1.79 bits per heavy atom. The number of hydrogen-bond acceptors (Lipinski definition) is 5. The second kappa shape index (κ2) is 8.06. The monoisotopic (exact) mass is 398 g/mol.